The summed E-state index contributed by atoms with van der Waals surface area (Å²) >= 11 is -0.657. The fourth-order valence-electron chi connectivity index (χ4n) is 0.593. The molecule has 0 rings (SSSR count). The summed E-state index contributed by atoms with van der Waals surface area (Å²) in [5, 5.41) is 8.42. The minimum Gasteiger partial charge on any atom is -0.392 e. The van der Waals surface area contributed by atoms with E-state index in [0.29, 0.717) is 0 Å². The molecule has 0 bridgehead atoms. The Bertz CT molecular complexity index is 120. The zero-order valence-corrected chi connectivity index (χ0v) is 9.62. The minimum atomic E-state index is -0.657. The number of hydrogen-bond donors (Lipinski definition) is 1. The molecule has 0 aliphatic heterocycles. The fraction of sp³-hybridized carbons (Fsp3) is 0.857. The summed E-state index contributed by atoms with van der Waals surface area (Å²) in [7, 11) is 0. The van der Waals surface area contributed by atoms with E-state index >= 15 is 0 Å². The molecule has 0 aromatic rings. The van der Waals surface area contributed by atoms with Crippen LogP contribution in [-0.2, 0) is 4.79 Å². The number of rotatable bonds is 3. The number of hydrogen-bond acceptors (Lipinski definition) is 2. The van der Waals surface area contributed by atoms with Crippen LogP contribution in [0.25, 0.3) is 0 Å². The van der Waals surface area contributed by atoms with Crippen molar-refractivity contribution in [1.29, 1.82) is 0 Å². The van der Waals surface area contributed by atoms with Gasteiger partial charge in [-0.25, -0.2) is 0 Å². The van der Waals surface area contributed by atoms with Gasteiger partial charge in [0.2, 0.25) is 0 Å². The Morgan fingerprint density at radius 1 is 1.45 bits per heavy atom. The van der Waals surface area contributed by atoms with E-state index in [9.17, 15) is 4.79 Å². The molecule has 2 nitrogen and oxygen atoms in total. The second-order valence-electron chi connectivity index (χ2n) is 3.76. The van der Waals surface area contributed by atoms with E-state index in [0.717, 1.165) is 4.55 Å². The van der Waals surface area contributed by atoms with Gasteiger partial charge in [0.05, 0.1) is 6.61 Å². The highest BCUT2D eigenvalue weighted by atomic mass is 35.5. The predicted molar refractivity (Wildman–Crippen MR) is 49.4 cm³/mol. The Kier molecular flexibility index (Phi) is 8.06. The average Bonchev–Trinajstić information content (AvgIpc) is 1.81. The van der Waals surface area contributed by atoms with Crippen LogP contribution in [0.3, 0.4) is 0 Å². The summed E-state index contributed by atoms with van der Waals surface area (Å²) in [6.45, 7) is 6.10. The molecule has 0 aromatic carbocycles. The lowest BCUT2D eigenvalue weighted by molar-refractivity contribution is -0.114. The third-order valence-corrected chi connectivity index (χ3v) is 3.86. The number of carbonyl (C=O) groups excluding carboxylic acids is 1. The van der Waals surface area contributed by atoms with Gasteiger partial charge >= 0.3 is 20.4 Å². The monoisotopic (exact) mass is 190 g/mol. The molecule has 0 unspecified atom stereocenters. The highest BCUT2D eigenvalue weighted by Crippen LogP contribution is 2.17. The van der Waals surface area contributed by atoms with E-state index in [1.54, 1.807) is 0 Å². The summed E-state index contributed by atoms with van der Waals surface area (Å²) in [5.74, 6) is 0. The molecule has 0 saturated carbocycles. The van der Waals surface area contributed by atoms with Crippen molar-refractivity contribution >= 4 is 36.7 Å². The second kappa shape index (κ2) is 6.23. The molecule has 11 heavy (non-hydrogen) atoms. The maximum Gasteiger partial charge on any atom is 0.472 e. The molecule has 64 valence electrons. The van der Waals surface area contributed by atoms with E-state index in [1.165, 1.54) is 0 Å². The topological polar surface area (TPSA) is 37.3 Å². The van der Waals surface area contributed by atoms with Crippen molar-refractivity contribution in [2.75, 3.05) is 6.61 Å². The molecule has 4 heteroatoms. The summed E-state index contributed by atoms with van der Waals surface area (Å²) in [6.07, 6.45) is 0. The molecule has 0 aromatic heterocycles. The first-order valence-corrected chi connectivity index (χ1v) is 5.29. The molecule has 0 heterocycles. The smallest absolute Gasteiger partial charge is 0.392 e. The fourth-order valence-corrected chi connectivity index (χ4v) is 1.78. The molecule has 0 aliphatic rings. The largest absolute Gasteiger partial charge is 0.472 e. The highest BCUT2D eigenvalue weighted by Gasteiger charge is 2.15. The SMILES string of the molecule is CC(C)(C)[CH2][Mg][C](=O)CO.Cl. The molecule has 0 radical (unpaired) electrons. The lowest BCUT2D eigenvalue weighted by atomic mass is 10.0. The molecule has 0 spiro atoms. The highest BCUT2D eigenvalue weighted by molar-refractivity contribution is 6.74. The van der Waals surface area contributed by atoms with Gasteiger partial charge in [-0.05, 0) is 0 Å². The molecule has 0 fully saturated rings. The van der Waals surface area contributed by atoms with E-state index < -0.39 is 20.4 Å². The van der Waals surface area contributed by atoms with Crippen LogP contribution < -0.4 is 0 Å². The molecule has 1 N–H and O–H groups in total. The van der Waals surface area contributed by atoms with Crippen molar-refractivity contribution in [2.24, 2.45) is 5.41 Å². The first-order valence-electron chi connectivity index (χ1n) is 3.58. The normalized spacial score (nSPS) is 9.82. The van der Waals surface area contributed by atoms with Gasteiger partial charge in [0.15, 0.2) is 0 Å². The Morgan fingerprint density at radius 3 is 2.18 bits per heavy atom. The van der Waals surface area contributed by atoms with Crippen molar-refractivity contribution in [2.45, 2.75) is 25.3 Å². The molecular weight excluding hydrogens is 176 g/mol. The third-order valence-electron chi connectivity index (χ3n) is 1.33. The Balaban J connectivity index is 0. The number of carbonyl (C=O) groups is 1. The lowest BCUT2D eigenvalue weighted by Crippen LogP contribution is -2.18. The van der Waals surface area contributed by atoms with Gasteiger partial charge < -0.3 is 9.90 Å². The summed E-state index contributed by atoms with van der Waals surface area (Å²) in [5.41, 5.74) is 0.261. The van der Waals surface area contributed by atoms with E-state index in [1.807, 2.05) is 0 Å². The van der Waals surface area contributed by atoms with Crippen molar-refractivity contribution in [3.05, 3.63) is 0 Å². The van der Waals surface area contributed by atoms with Gasteiger partial charge in [-0.15, -0.1) is 17.0 Å². The predicted octanol–water partition coefficient (Wildman–Crippen LogP) is 1.10. The molecule has 0 atom stereocenters. The number of aliphatic hydroxyl groups is 1. The number of aliphatic hydroxyl groups excluding tert-OH is 1. The van der Waals surface area contributed by atoms with Gasteiger partial charge in [-0.1, -0.05) is 26.2 Å². The van der Waals surface area contributed by atoms with Crippen molar-refractivity contribution < 1.29 is 9.90 Å². The van der Waals surface area contributed by atoms with Gasteiger partial charge in [-0.2, -0.15) is 0 Å². The van der Waals surface area contributed by atoms with Crippen molar-refractivity contribution in [3.63, 3.8) is 0 Å². The summed E-state index contributed by atoms with van der Waals surface area (Å²) < 4.78 is 1.07. The van der Waals surface area contributed by atoms with Crippen LogP contribution in [0.1, 0.15) is 20.8 Å². The van der Waals surface area contributed by atoms with Gasteiger partial charge in [-0.3, -0.25) is 0 Å². The third kappa shape index (κ3) is 10.7. The zero-order valence-electron chi connectivity index (χ0n) is 7.39. The standard InChI is InChI=1S/C5H11.C2H3O2.ClH.Mg/c1-5(2,3)4;3-1-2-4;;/h1H2,2-4H3;3H,1H2;1H;. The van der Waals surface area contributed by atoms with Crippen LogP contribution in [0, 0.1) is 5.41 Å². The summed E-state index contributed by atoms with van der Waals surface area (Å²) in [4.78, 5) is 10.7. The maximum absolute atomic E-state index is 10.7. The lowest BCUT2D eigenvalue weighted by Gasteiger charge is -2.16. The van der Waals surface area contributed by atoms with Gasteiger partial charge in [0.1, 0.15) is 0 Å². The summed E-state index contributed by atoms with van der Waals surface area (Å²) in [6, 6.07) is 0. The van der Waals surface area contributed by atoms with Gasteiger partial charge in [0, 0.05) is 3.91 Å². The van der Waals surface area contributed by atoms with Crippen LogP contribution in [0.4, 0.5) is 0 Å². The van der Waals surface area contributed by atoms with Crippen LogP contribution >= 0.6 is 12.4 Å². The van der Waals surface area contributed by atoms with E-state index in [-0.39, 0.29) is 28.3 Å². The van der Waals surface area contributed by atoms with Crippen LogP contribution in [0.2, 0.25) is 4.55 Å². The zero-order chi connectivity index (χ0) is 8.20. The molecule has 0 aliphatic carbocycles. The Morgan fingerprint density at radius 2 is 1.91 bits per heavy atom. The van der Waals surface area contributed by atoms with E-state index in [2.05, 4.69) is 20.8 Å². The van der Waals surface area contributed by atoms with Crippen molar-refractivity contribution in [3.8, 4) is 0 Å². The Hall–Kier alpha value is 0.686. The van der Waals surface area contributed by atoms with Crippen molar-refractivity contribution in [1.82, 2.24) is 0 Å². The first kappa shape index (κ1) is 14.2. The van der Waals surface area contributed by atoms with Crippen LogP contribution in [0.5, 0.6) is 0 Å². The first-order chi connectivity index (χ1) is 4.45. The van der Waals surface area contributed by atoms with Crippen LogP contribution in [-0.4, -0.2) is 36.0 Å². The average molecular weight is 191 g/mol. The molecule has 0 saturated heterocycles. The quantitative estimate of drug-likeness (QED) is 0.678. The van der Waals surface area contributed by atoms with Crippen LogP contribution in [0.15, 0.2) is 0 Å². The second-order valence-corrected chi connectivity index (χ2v) is 5.55. The Labute approximate surface area is 83.9 Å². The minimum absolute atomic E-state index is 0. The van der Waals surface area contributed by atoms with E-state index in [4.69, 9.17) is 5.11 Å². The molecular formula is C7H15ClMgO2. The number of halogens is 1. The molecule has 0 amide bonds. The maximum atomic E-state index is 10.7. The van der Waals surface area contributed by atoms with Gasteiger partial charge in [0.25, 0.3) is 0 Å².